The molecule has 0 spiro atoms. The molecule has 2 aromatic rings. The molecular weight excluding hydrogens is 336 g/mol. The maximum atomic E-state index is 12.1. The molecule has 0 fully saturated rings. The first kappa shape index (κ1) is 19.0. The Morgan fingerprint density at radius 2 is 1.92 bits per heavy atom. The van der Waals surface area contributed by atoms with E-state index in [2.05, 4.69) is 25.9 Å². The summed E-state index contributed by atoms with van der Waals surface area (Å²) in [7, 11) is 1.48. The van der Waals surface area contributed by atoms with Crippen LogP contribution in [-0.4, -0.2) is 52.2 Å². The van der Waals surface area contributed by atoms with E-state index in [9.17, 15) is 9.59 Å². The average Bonchev–Trinajstić information content (AvgIpc) is 2.53. The molecule has 0 bridgehead atoms. The number of anilines is 3. The van der Waals surface area contributed by atoms with Crippen molar-refractivity contribution < 1.29 is 14.7 Å². The van der Waals surface area contributed by atoms with E-state index >= 15 is 0 Å². The van der Waals surface area contributed by atoms with Gasteiger partial charge in [-0.15, -0.1) is 0 Å². The summed E-state index contributed by atoms with van der Waals surface area (Å²) >= 11 is 0. The minimum absolute atomic E-state index is 0.157. The first-order valence-corrected chi connectivity index (χ1v) is 8.02. The van der Waals surface area contributed by atoms with Gasteiger partial charge in [0, 0.05) is 37.6 Å². The van der Waals surface area contributed by atoms with Gasteiger partial charge in [-0.1, -0.05) is 12.1 Å². The Bertz CT molecular complexity index is 796. The Kier molecular flexibility index (Phi) is 6.31. The number of likely N-dealkylation sites (N-methyl/N-ethyl adjacent to an activating group) is 1. The van der Waals surface area contributed by atoms with Crippen LogP contribution in [0.1, 0.15) is 11.3 Å². The molecule has 1 aromatic carbocycles. The number of hydrogen-bond acceptors (Lipinski definition) is 5. The fraction of sp³-hybridized carbons (Fsp3) is 0.294. The summed E-state index contributed by atoms with van der Waals surface area (Å²) in [6, 6.07) is 8.69. The smallest absolute Gasteiger partial charge is 0.407 e. The van der Waals surface area contributed by atoms with Gasteiger partial charge in [0.15, 0.2) is 0 Å². The summed E-state index contributed by atoms with van der Waals surface area (Å²) in [6.07, 6.45) is -0.999. The minimum atomic E-state index is -0.999. The number of hydrogen-bond donors (Lipinski definition) is 4. The molecule has 138 valence electrons. The van der Waals surface area contributed by atoms with E-state index in [0.717, 1.165) is 10.5 Å². The number of nitrogens with one attached hydrogen (secondary N) is 3. The van der Waals surface area contributed by atoms with Gasteiger partial charge >= 0.3 is 12.1 Å². The van der Waals surface area contributed by atoms with Gasteiger partial charge in [0.1, 0.15) is 5.82 Å². The lowest BCUT2D eigenvalue weighted by Gasteiger charge is -2.14. The quantitative estimate of drug-likeness (QED) is 0.630. The molecule has 2 rings (SSSR count). The number of rotatable bonds is 6. The first-order valence-electron chi connectivity index (χ1n) is 8.02. The lowest BCUT2D eigenvalue weighted by atomic mass is 10.2. The van der Waals surface area contributed by atoms with Crippen molar-refractivity contribution in [3.05, 3.63) is 41.6 Å². The highest BCUT2D eigenvalue weighted by Crippen LogP contribution is 2.12. The summed E-state index contributed by atoms with van der Waals surface area (Å²) in [6.45, 7) is 4.40. The molecule has 0 aliphatic rings. The number of amides is 3. The van der Waals surface area contributed by atoms with Gasteiger partial charge in [-0.3, -0.25) is 5.32 Å². The highest BCUT2D eigenvalue weighted by Gasteiger charge is 2.08. The zero-order valence-corrected chi connectivity index (χ0v) is 14.9. The molecule has 0 aliphatic carbocycles. The van der Waals surface area contributed by atoms with Gasteiger partial charge in [-0.2, -0.15) is 4.98 Å². The number of nitrogens with zero attached hydrogens (tertiary/aromatic N) is 3. The SMILES string of the molecule is Cc1cccc(NC(=O)Nc2nc(C)cc(NCCN(C)C(=O)O)n2)c1. The van der Waals surface area contributed by atoms with Crippen LogP contribution in [0.15, 0.2) is 30.3 Å². The molecule has 1 heterocycles. The number of carbonyl (C=O) groups is 2. The second-order valence-corrected chi connectivity index (χ2v) is 5.80. The van der Waals surface area contributed by atoms with Gasteiger partial charge in [-0.25, -0.2) is 14.6 Å². The fourth-order valence-corrected chi connectivity index (χ4v) is 2.15. The summed E-state index contributed by atoms with van der Waals surface area (Å²) in [4.78, 5) is 32.4. The van der Waals surface area contributed by atoms with Crippen molar-refractivity contribution in [2.75, 3.05) is 36.1 Å². The second kappa shape index (κ2) is 8.65. The van der Waals surface area contributed by atoms with Gasteiger partial charge in [0.2, 0.25) is 5.95 Å². The number of carbonyl (C=O) groups excluding carboxylic acids is 1. The molecule has 4 N–H and O–H groups in total. The van der Waals surface area contributed by atoms with E-state index in [4.69, 9.17) is 5.11 Å². The Morgan fingerprint density at radius 1 is 1.15 bits per heavy atom. The van der Waals surface area contributed by atoms with Crippen molar-refractivity contribution in [2.45, 2.75) is 13.8 Å². The van der Waals surface area contributed by atoms with Crippen LogP contribution in [0.4, 0.5) is 27.0 Å². The van der Waals surface area contributed by atoms with Crippen molar-refractivity contribution in [1.29, 1.82) is 0 Å². The summed E-state index contributed by atoms with van der Waals surface area (Å²) in [5, 5.41) is 17.1. The van der Waals surface area contributed by atoms with Crippen LogP contribution in [0, 0.1) is 13.8 Å². The lowest BCUT2D eigenvalue weighted by Crippen LogP contribution is -2.30. The predicted octanol–water partition coefficient (Wildman–Crippen LogP) is 2.76. The van der Waals surface area contributed by atoms with Crippen molar-refractivity contribution in [3.63, 3.8) is 0 Å². The number of benzene rings is 1. The van der Waals surface area contributed by atoms with E-state index < -0.39 is 12.1 Å². The normalized spacial score (nSPS) is 10.1. The molecule has 0 unspecified atom stereocenters. The van der Waals surface area contributed by atoms with Crippen molar-refractivity contribution in [1.82, 2.24) is 14.9 Å². The zero-order valence-electron chi connectivity index (χ0n) is 14.9. The van der Waals surface area contributed by atoms with Crippen LogP contribution in [0.3, 0.4) is 0 Å². The standard InChI is InChI=1S/C17H22N6O3/c1-11-5-4-6-13(9-11)20-16(24)22-15-19-12(2)10-14(21-15)18-7-8-23(3)17(25)26/h4-6,9-10H,7-8H2,1-3H3,(H,25,26)(H3,18,19,20,21,22,24). The molecule has 1 aromatic heterocycles. The average molecular weight is 358 g/mol. The minimum Gasteiger partial charge on any atom is -0.465 e. The molecule has 3 amide bonds. The third kappa shape index (κ3) is 5.93. The molecule has 9 heteroatoms. The van der Waals surface area contributed by atoms with Crippen molar-refractivity contribution >= 4 is 29.6 Å². The molecule has 26 heavy (non-hydrogen) atoms. The van der Waals surface area contributed by atoms with E-state index in [1.807, 2.05) is 25.1 Å². The molecule has 0 atom stereocenters. The van der Waals surface area contributed by atoms with Crippen LogP contribution < -0.4 is 16.0 Å². The lowest BCUT2D eigenvalue weighted by molar-refractivity contribution is 0.157. The maximum absolute atomic E-state index is 12.1. The van der Waals surface area contributed by atoms with Crippen LogP contribution >= 0.6 is 0 Å². The third-order valence-electron chi connectivity index (χ3n) is 3.44. The summed E-state index contributed by atoms with van der Waals surface area (Å²) in [5.74, 6) is 0.659. The molecule has 0 radical (unpaired) electrons. The zero-order chi connectivity index (χ0) is 19.1. The second-order valence-electron chi connectivity index (χ2n) is 5.80. The van der Waals surface area contributed by atoms with E-state index in [1.165, 1.54) is 7.05 Å². The molecule has 0 aliphatic heterocycles. The Morgan fingerprint density at radius 3 is 2.62 bits per heavy atom. The largest absolute Gasteiger partial charge is 0.465 e. The first-order chi connectivity index (χ1) is 12.3. The fourth-order valence-electron chi connectivity index (χ4n) is 2.15. The highest BCUT2D eigenvalue weighted by atomic mass is 16.4. The molecule has 0 saturated carbocycles. The Balaban J connectivity index is 1.95. The van der Waals surface area contributed by atoms with E-state index in [-0.39, 0.29) is 5.95 Å². The van der Waals surface area contributed by atoms with E-state index in [1.54, 1.807) is 19.1 Å². The van der Waals surface area contributed by atoms with Crippen LogP contribution in [0.2, 0.25) is 0 Å². The molecule has 9 nitrogen and oxygen atoms in total. The number of carboxylic acid groups (broad SMARTS) is 1. The highest BCUT2D eigenvalue weighted by molar-refractivity contribution is 5.98. The number of aromatic nitrogens is 2. The maximum Gasteiger partial charge on any atom is 0.407 e. The third-order valence-corrected chi connectivity index (χ3v) is 3.44. The Labute approximate surface area is 151 Å². The van der Waals surface area contributed by atoms with Gasteiger partial charge in [-0.05, 0) is 31.5 Å². The van der Waals surface area contributed by atoms with Crippen LogP contribution in [0.5, 0.6) is 0 Å². The Hall–Kier alpha value is -3.36. The van der Waals surface area contributed by atoms with Crippen molar-refractivity contribution in [3.8, 4) is 0 Å². The molecule has 0 saturated heterocycles. The predicted molar refractivity (Wildman–Crippen MR) is 99.7 cm³/mol. The van der Waals surface area contributed by atoms with E-state index in [0.29, 0.717) is 30.3 Å². The molecular formula is C17H22N6O3. The number of aryl methyl sites for hydroxylation is 2. The summed E-state index contributed by atoms with van der Waals surface area (Å²) in [5.41, 5.74) is 2.37. The topological polar surface area (TPSA) is 119 Å². The van der Waals surface area contributed by atoms with Crippen molar-refractivity contribution in [2.24, 2.45) is 0 Å². The summed E-state index contributed by atoms with van der Waals surface area (Å²) < 4.78 is 0. The van der Waals surface area contributed by atoms with Gasteiger partial charge in [0.25, 0.3) is 0 Å². The monoisotopic (exact) mass is 358 g/mol. The van der Waals surface area contributed by atoms with Crippen LogP contribution in [0.25, 0.3) is 0 Å². The van der Waals surface area contributed by atoms with Gasteiger partial charge < -0.3 is 20.6 Å². The number of urea groups is 1. The van der Waals surface area contributed by atoms with Gasteiger partial charge in [0.05, 0.1) is 0 Å². The van der Waals surface area contributed by atoms with Crippen LogP contribution in [-0.2, 0) is 0 Å².